The van der Waals surface area contributed by atoms with Crippen molar-refractivity contribution in [3.8, 4) is 0 Å². The van der Waals surface area contributed by atoms with Gasteiger partial charge in [0.15, 0.2) is 0 Å². The largest absolute Gasteiger partial charge is 0.348 e. The lowest BCUT2D eigenvalue weighted by atomic mass is 10.0. The molecule has 4 heteroatoms. The SMILES string of the molecule is C[C@H](NC(=O)C(C)(C)N)c1ccc(Cl)cc1. The van der Waals surface area contributed by atoms with Crippen LogP contribution in [-0.4, -0.2) is 11.4 Å². The molecule has 1 aromatic carbocycles. The van der Waals surface area contributed by atoms with Crippen LogP contribution in [0.1, 0.15) is 32.4 Å². The summed E-state index contributed by atoms with van der Waals surface area (Å²) >= 11 is 5.79. The monoisotopic (exact) mass is 240 g/mol. The van der Waals surface area contributed by atoms with E-state index >= 15 is 0 Å². The van der Waals surface area contributed by atoms with Crippen LogP contribution in [0.4, 0.5) is 0 Å². The first-order valence-electron chi connectivity index (χ1n) is 5.16. The topological polar surface area (TPSA) is 55.1 Å². The first kappa shape index (κ1) is 13.0. The van der Waals surface area contributed by atoms with E-state index in [1.54, 1.807) is 26.0 Å². The zero-order valence-corrected chi connectivity index (χ0v) is 10.5. The van der Waals surface area contributed by atoms with Crippen LogP contribution in [0.2, 0.25) is 5.02 Å². The predicted molar refractivity (Wildman–Crippen MR) is 66.3 cm³/mol. The number of amides is 1. The average Bonchev–Trinajstić information content (AvgIpc) is 2.17. The van der Waals surface area contributed by atoms with Gasteiger partial charge in [-0.05, 0) is 38.5 Å². The Hall–Kier alpha value is -1.06. The summed E-state index contributed by atoms with van der Waals surface area (Å²) in [4.78, 5) is 11.7. The van der Waals surface area contributed by atoms with Crippen molar-refractivity contribution in [2.45, 2.75) is 32.4 Å². The van der Waals surface area contributed by atoms with Crippen LogP contribution in [-0.2, 0) is 4.79 Å². The molecule has 0 aromatic heterocycles. The minimum absolute atomic E-state index is 0.0763. The molecule has 0 spiro atoms. The number of carbonyl (C=O) groups is 1. The molecule has 1 rings (SSSR count). The molecule has 1 atom stereocenters. The second-order valence-electron chi connectivity index (χ2n) is 4.47. The van der Waals surface area contributed by atoms with Gasteiger partial charge in [-0.15, -0.1) is 0 Å². The molecule has 1 amide bonds. The summed E-state index contributed by atoms with van der Waals surface area (Å²) in [5.74, 6) is -0.171. The molecule has 0 aliphatic heterocycles. The van der Waals surface area contributed by atoms with E-state index in [-0.39, 0.29) is 11.9 Å². The van der Waals surface area contributed by atoms with E-state index < -0.39 is 5.54 Å². The van der Waals surface area contributed by atoms with Gasteiger partial charge in [0, 0.05) is 5.02 Å². The molecule has 0 saturated carbocycles. The highest BCUT2D eigenvalue weighted by Gasteiger charge is 2.23. The lowest BCUT2D eigenvalue weighted by Gasteiger charge is -2.22. The molecule has 0 unspecified atom stereocenters. The van der Waals surface area contributed by atoms with Crippen molar-refractivity contribution in [2.24, 2.45) is 5.73 Å². The van der Waals surface area contributed by atoms with Crippen molar-refractivity contribution in [2.75, 3.05) is 0 Å². The minimum Gasteiger partial charge on any atom is -0.348 e. The van der Waals surface area contributed by atoms with Crippen molar-refractivity contribution in [1.29, 1.82) is 0 Å². The van der Waals surface area contributed by atoms with E-state index in [9.17, 15) is 4.79 Å². The Morgan fingerprint density at radius 1 is 1.38 bits per heavy atom. The number of hydrogen-bond acceptors (Lipinski definition) is 2. The second kappa shape index (κ2) is 4.85. The van der Waals surface area contributed by atoms with Gasteiger partial charge in [0.1, 0.15) is 0 Å². The summed E-state index contributed by atoms with van der Waals surface area (Å²) in [7, 11) is 0. The van der Waals surface area contributed by atoms with Crippen LogP contribution in [0.25, 0.3) is 0 Å². The van der Waals surface area contributed by atoms with Gasteiger partial charge in [0.05, 0.1) is 11.6 Å². The average molecular weight is 241 g/mol. The summed E-state index contributed by atoms with van der Waals surface area (Å²) in [5.41, 5.74) is 5.84. The highest BCUT2D eigenvalue weighted by Crippen LogP contribution is 2.16. The quantitative estimate of drug-likeness (QED) is 0.852. The first-order valence-corrected chi connectivity index (χ1v) is 5.54. The molecule has 0 heterocycles. The molecular formula is C12H17ClN2O. The number of nitrogens with one attached hydrogen (secondary N) is 1. The zero-order chi connectivity index (χ0) is 12.3. The van der Waals surface area contributed by atoms with Crippen LogP contribution in [0.5, 0.6) is 0 Å². The maximum atomic E-state index is 11.7. The third-order valence-electron chi connectivity index (χ3n) is 2.30. The van der Waals surface area contributed by atoms with E-state index in [4.69, 9.17) is 17.3 Å². The summed E-state index contributed by atoms with van der Waals surface area (Å²) in [5, 5.41) is 3.53. The zero-order valence-electron chi connectivity index (χ0n) is 9.75. The van der Waals surface area contributed by atoms with Crippen LogP contribution in [0, 0.1) is 0 Å². The number of nitrogens with two attached hydrogens (primary N) is 1. The predicted octanol–water partition coefficient (Wildman–Crippen LogP) is 2.25. The Bertz CT molecular complexity index is 368. The van der Waals surface area contributed by atoms with Crippen molar-refractivity contribution in [3.63, 3.8) is 0 Å². The van der Waals surface area contributed by atoms with E-state index in [1.165, 1.54) is 0 Å². The molecule has 3 N–H and O–H groups in total. The molecule has 0 bridgehead atoms. The number of rotatable bonds is 3. The highest BCUT2D eigenvalue weighted by molar-refractivity contribution is 6.30. The molecular weight excluding hydrogens is 224 g/mol. The molecule has 0 fully saturated rings. The summed E-state index contributed by atoms with van der Waals surface area (Å²) in [6.45, 7) is 5.26. The Morgan fingerprint density at radius 2 is 1.88 bits per heavy atom. The molecule has 1 aromatic rings. The Labute approximate surface area is 101 Å². The van der Waals surface area contributed by atoms with Gasteiger partial charge in [-0.25, -0.2) is 0 Å². The van der Waals surface area contributed by atoms with Crippen molar-refractivity contribution in [1.82, 2.24) is 5.32 Å². The minimum atomic E-state index is -0.860. The molecule has 0 aliphatic rings. The Balaban J connectivity index is 2.69. The van der Waals surface area contributed by atoms with Gasteiger partial charge < -0.3 is 11.1 Å². The Kier molecular flexibility index (Phi) is 3.94. The van der Waals surface area contributed by atoms with Crippen LogP contribution in [0.3, 0.4) is 0 Å². The van der Waals surface area contributed by atoms with Crippen LogP contribution in [0.15, 0.2) is 24.3 Å². The Morgan fingerprint density at radius 3 is 2.31 bits per heavy atom. The normalized spacial score (nSPS) is 13.3. The highest BCUT2D eigenvalue weighted by atomic mass is 35.5. The number of benzene rings is 1. The van der Waals surface area contributed by atoms with Gasteiger partial charge in [-0.3, -0.25) is 4.79 Å². The van der Waals surface area contributed by atoms with Crippen LogP contribution >= 0.6 is 11.6 Å². The molecule has 16 heavy (non-hydrogen) atoms. The third-order valence-corrected chi connectivity index (χ3v) is 2.55. The molecule has 0 aliphatic carbocycles. The van der Waals surface area contributed by atoms with E-state index in [0.717, 1.165) is 5.56 Å². The lowest BCUT2D eigenvalue weighted by Crippen LogP contribution is -2.49. The lowest BCUT2D eigenvalue weighted by molar-refractivity contribution is -0.125. The fraction of sp³-hybridized carbons (Fsp3) is 0.417. The molecule has 0 saturated heterocycles. The fourth-order valence-corrected chi connectivity index (χ4v) is 1.34. The van der Waals surface area contributed by atoms with E-state index in [0.29, 0.717) is 5.02 Å². The third kappa shape index (κ3) is 3.51. The van der Waals surface area contributed by atoms with E-state index in [1.807, 2.05) is 19.1 Å². The van der Waals surface area contributed by atoms with Crippen molar-refractivity contribution >= 4 is 17.5 Å². The van der Waals surface area contributed by atoms with Gasteiger partial charge >= 0.3 is 0 Å². The van der Waals surface area contributed by atoms with Gasteiger partial charge in [0.2, 0.25) is 5.91 Å². The number of carbonyl (C=O) groups excluding carboxylic acids is 1. The second-order valence-corrected chi connectivity index (χ2v) is 4.90. The smallest absolute Gasteiger partial charge is 0.239 e. The molecule has 88 valence electrons. The standard InChI is InChI=1S/C12H17ClN2O/c1-8(15-11(16)12(2,3)14)9-4-6-10(13)7-5-9/h4-8H,14H2,1-3H3,(H,15,16)/t8-/m0/s1. The summed E-state index contributed by atoms with van der Waals surface area (Å²) in [6.07, 6.45) is 0. The van der Waals surface area contributed by atoms with Gasteiger partial charge in [-0.1, -0.05) is 23.7 Å². The maximum absolute atomic E-state index is 11.7. The van der Waals surface area contributed by atoms with E-state index in [2.05, 4.69) is 5.32 Å². The molecule has 3 nitrogen and oxygen atoms in total. The number of hydrogen-bond donors (Lipinski definition) is 2. The number of halogens is 1. The fourth-order valence-electron chi connectivity index (χ4n) is 1.22. The summed E-state index contributed by atoms with van der Waals surface area (Å²) in [6, 6.07) is 7.29. The van der Waals surface area contributed by atoms with Gasteiger partial charge in [0.25, 0.3) is 0 Å². The van der Waals surface area contributed by atoms with Gasteiger partial charge in [-0.2, -0.15) is 0 Å². The first-order chi connectivity index (χ1) is 7.30. The van der Waals surface area contributed by atoms with Crippen molar-refractivity contribution < 1.29 is 4.79 Å². The maximum Gasteiger partial charge on any atom is 0.239 e. The molecule has 0 radical (unpaired) electrons. The van der Waals surface area contributed by atoms with Crippen molar-refractivity contribution in [3.05, 3.63) is 34.9 Å². The summed E-state index contributed by atoms with van der Waals surface area (Å²) < 4.78 is 0. The van der Waals surface area contributed by atoms with Crippen LogP contribution < -0.4 is 11.1 Å².